The van der Waals surface area contributed by atoms with Gasteiger partial charge in [-0.05, 0) is 5.16 Å². The van der Waals surface area contributed by atoms with Crippen LogP contribution in [0.1, 0.15) is 21.0 Å². The Labute approximate surface area is 126 Å². The van der Waals surface area contributed by atoms with Gasteiger partial charge in [-0.2, -0.15) is 0 Å². The van der Waals surface area contributed by atoms with Crippen molar-refractivity contribution in [2.75, 3.05) is 34.3 Å². The summed E-state index contributed by atoms with van der Waals surface area (Å²) in [5.74, 6) is -0.325. The average molecular weight is 308 g/mol. The lowest BCUT2D eigenvalue weighted by molar-refractivity contribution is 0.0692. The molecule has 0 radical (unpaired) electrons. The smallest absolute Gasteiger partial charge is 0.292 e. The van der Waals surface area contributed by atoms with Gasteiger partial charge in [-0.1, -0.05) is 0 Å². The number of carbonyl (C=O) groups is 2. The second-order valence-electron chi connectivity index (χ2n) is 4.56. The van der Waals surface area contributed by atoms with Crippen molar-refractivity contribution < 1.29 is 23.3 Å². The molecule has 2 aromatic rings. The van der Waals surface area contributed by atoms with Crippen molar-refractivity contribution in [1.29, 1.82) is 0 Å². The first kappa shape index (κ1) is 15.5. The molecular formula is C13H16N4O5. The molecule has 0 bridgehead atoms. The number of nitrogens with zero attached hydrogens (tertiary/aromatic N) is 4. The topological polar surface area (TPSA) is 102 Å². The Kier molecular flexibility index (Phi) is 4.77. The Morgan fingerprint density at radius 2 is 1.91 bits per heavy atom. The Balaban J connectivity index is 1.87. The number of oxazole rings is 1. The number of amides is 2. The Hall–Kier alpha value is -2.84. The Morgan fingerprint density at radius 1 is 1.23 bits per heavy atom. The number of hydrogen-bond donors (Lipinski definition) is 0. The van der Waals surface area contributed by atoms with Crippen LogP contribution in [0.15, 0.2) is 27.7 Å². The molecule has 9 heteroatoms. The fourth-order valence-corrected chi connectivity index (χ4v) is 1.66. The van der Waals surface area contributed by atoms with E-state index in [0.717, 1.165) is 0 Å². The lowest BCUT2D eigenvalue weighted by Gasteiger charge is -2.20. The van der Waals surface area contributed by atoms with Crippen LogP contribution in [0.3, 0.4) is 0 Å². The van der Waals surface area contributed by atoms with E-state index < -0.39 is 0 Å². The molecule has 2 heterocycles. The zero-order valence-electron chi connectivity index (χ0n) is 12.5. The van der Waals surface area contributed by atoms with Crippen LogP contribution in [0, 0.1) is 0 Å². The first-order valence-corrected chi connectivity index (χ1v) is 6.42. The van der Waals surface area contributed by atoms with Crippen LogP contribution in [-0.2, 0) is 0 Å². The number of carbonyl (C=O) groups excluding carboxylic acids is 2. The van der Waals surface area contributed by atoms with Gasteiger partial charge in [-0.3, -0.25) is 9.59 Å². The molecule has 0 spiro atoms. The van der Waals surface area contributed by atoms with Crippen molar-refractivity contribution >= 4 is 11.8 Å². The van der Waals surface area contributed by atoms with E-state index in [-0.39, 0.29) is 29.1 Å². The molecule has 2 aromatic heterocycles. The summed E-state index contributed by atoms with van der Waals surface area (Å²) in [5.41, 5.74) is 0.219. The number of hydrogen-bond acceptors (Lipinski definition) is 7. The predicted octanol–water partition coefficient (Wildman–Crippen LogP) is 0.515. The third kappa shape index (κ3) is 3.43. The molecule has 2 rings (SSSR count). The maximum atomic E-state index is 12.1. The standard InChI is InChI=1S/C13H16N4O5/c1-16(12(18)9-7-21-8-14-9)4-5-17(2)13(19)10-6-11(20-3)15-22-10/h6-8H,4-5H2,1-3H3. The third-order valence-corrected chi connectivity index (χ3v) is 3.02. The minimum Gasteiger partial charge on any atom is -0.479 e. The van der Waals surface area contributed by atoms with E-state index in [4.69, 9.17) is 13.7 Å². The number of methoxy groups -OCH3 is 1. The molecule has 0 fully saturated rings. The molecule has 0 N–H and O–H groups in total. The summed E-state index contributed by atoms with van der Waals surface area (Å²) in [7, 11) is 4.65. The van der Waals surface area contributed by atoms with E-state index in [1.165, 1.54) is 35.6 Å². The fourth-order valence-electron chi connectivity index (χ4n) is 1.66. The average Bonchev–Trinajstić information content (AvgIpc) is 3.21. The van der Waals surface area contributed by atoms with Crippen molar-refractivity contribution in [2.24, 2.45) is 0 Å². The number of rotatable bonds is 6. The molecule has 9 nitrogen and oxygen atoms in total. The molecular weight excluding hydrogens is 292 g/mol. The summed E-state index contributed by atoms with van der Waals surface area (Å²) in [5, 5.41) is 3.57. The van der Waals surface area contributed by atoms with Gasteiger partial charge in [0.1, 0.15) is 6.26 Å². The highest BCUT2D eigenvalue weighted by atomic mass is 16.5. The van der Waals surface area contributed by atoms with Crippen LogP contribution < -0.4 is 4.74 Å². The molecule has 0 aliphatic carbocycles. The molecule has 0 saturated carbocycles. The van der Waals surface area contributed by atoms with E-state index >= 15 is 0 Å². The van der Waals surface area contributed by atoms with Gasteiger partial charge >= 0.3 is 0 Å². The highest BCUT2D eigenvalue weighted by molar-refractivity contribution is 5.92. The number of likely N-dealkylation sites (N-methyl/N-ethyl adjacent to an activating group) is 2. The van der Waals surface area contributed by atoms with Crippen LogP contribution >= 0.6 is 0 Å². The fraction of sp³-hybridized carbons (Fsp3) is 0.385. The quantitative estimate of drug-likeness (QED) is 0.766. The van der Waals surface area contributed by atoms with Gasteiger partial charge in [0, 0.05) is 27.2 Å². The van der Waals surface area contributed by atoms with E-state index in [1.807, 2.05) is 0 Å². The second-order valence-corrected chi connectivity index (χ2v) is 4.56. The van der Waals surface area contributed by atoms with E-state index in [9.17, 15) is 9.59 Å². The zero-order valence-corrected chi connectivity index (χ0v) is 12.5. The summed E-state index contributed by atoms with van der Waals surface area (Å²) in [6, 6.07) is 1.41. The van der Waals surface area contributed by atoms with Crippen LogP contribution in [0.5, 0.6) is 5.88 Å². The normalized spacial score (nSPS) is 10.3. The lowest BCUT2D eigenvalue weighted by atomic mass is 10.3. The molecule has 0 saturated heterocycles. The molecule has 2 amide bonds. The van der Waals surface area contributed by atoms with Crippen molar-refractivity contribution in [3.63, 3.8) is 0 Å². The SMILES string of the molecule is COc1cc(C(=O)N(C)CCN(C)C(=O)c2cocn2)on1. The molecule has 0 atom stereocenters. The number of ether oxygens (including phenoxy) is 1. The van der Waals surface area contributed by atoms with Crippen molar-refractivity contribution in [3.05, 3.63) is 30.2 Å². The summed E-state index contributed by atoms with van der Waals surface area (Å²) < 4.78 is 14.5. The van der Waals surface area contributed by atoms with Crippen molar-refractivity contribution in [3.8, 4) is 5.88 Å². The first-order chi connectivity index (χ1) is 10.5. The minimum atomic E-state index is -0.349. The monoisotopic (exact) mass is 308 g/mol. The van der Waals surface area contributed by atoms with Gasteiger partial charge < -0.3 is 23.5 Å². The highest BCUT2D eigenvalue weighted by Gasteiger charge is 2.20. The van der Waals surface area contributed by atoms with Gasteiger partial charge in [0.2, 0.25) is 5.76 Å². The van der Waals surface area contributed by atoms with Crippen molar-refractivity contribution in [2.45, 2.75) is 0 Å². The third-order valence-electron chi connectivity index (χ3n) is 3.02. The summed E-state index contributed by atoms with van der Waals surface area (Å²) in [4.78, 5) is 30.7. The molecule has 0 aliphatic heterocycles. The molecule has 0 aliphatic rings. The maximum Gasteiger partial charge on any atom is 0.292 e. The van der Waals surface area contributed by atoms with Crippen molar-refractivity contribution in [1.82, 2.24) is 19.9 Å². The van der Waals surface area contributed by atoms with Crippen LogP contribution in [0.2, 0.25) is 0 Å². The zero-order chi connectivity index (χ0) is 16.1. The number of aromatic nitrogens is 2. The Bertz CT molecular complexity index is 637. The summed E-state index contributed by atoms with van der Waals surface area (Å²) in [6.45, 7) is 0.654. The van der Waals surface area contributed by atoms with Gasteiger partial charge in [0.25, 0.3) is 17.7 Å². The summed E-state index contributed by atoms with van der Waals surface area (Å²) in [6.07, 6.45) is 2.46. The van der Waals surface area contributed by atoms with Crippen LogP contribution in [0.4, 0.5) is 0 Å². The van der Waals surface area contributed by atoms with E-state index in [0.29, 0.717) is 13.1 Å². The van der Waals surface area contributed by atoms with E-state index in [1.54, 1.807) is 14.1 Å². The van der Waals surface area contributed by atoms with Crippen LogP contribution in [0.25, 0.3) is 0 Å². The van der Waals surface area contributed by atoms with Crippen LogP contribution in [-0.4, -0.2) is 66.0 Å². The van der Waals surface area contributed by atoms with E-state index in [2.05, 4.69) is 10.1 Å². The molecule has 118 valence electrons. The van der Waals surface area contributed by atoms with Gasteiger partial charge in [0.05, 0.1) is 13.2 Å². The predicted molar refractivity (Wildman–Crippen MR) is 73.5 cm³/mol. The minimum absolute atomic E-state index is 0.0739. The molecule has 0 aromatic carbocycles. The Morgan fingerprint density at radius 3 is 2.45 bits per heavy atom. The van der Waals surface area contributed by atoms with Gasteiger partial charge in [0.15, 0.2) is 12.1 Å². The largest absolute Gasteiger partial charge is 0.479 e. The molecule has 0 unspecified atom stereocenters. The summed E-state index contributed by atoms with van der Waals surface area (Å²) >= 11 is 0. The van der Waals surface area contributed by atoms with Gasteiger partial charge in [-0.15, -0.1) is 0 Å². The first-order valence-electron chi connectivity index (χ1n) is 6.42. The molecule has 22 heavy (non-hydrogen) atoms. The second kappa shape index (κ2) is 6.74. The lowest BCUT2D eigenvalue weighted by Crippen LogP contribution is -2.37. The highest BCUT2D eigenvalue weighted by Crippen LogP contribution is 2.12. The van der Waals surface area contributed by atoms with Gasteiger partial charge in [-0.25, -0.2) is 4.98 Å². The maximum absolute atomic E-state index is 12.1.